The first-order valence-corrected chi connectivity index (χ1v) is 11.5. The minimum atomic E-state index is -0.801. The minimum absolute atomic E-state index is 0.0258. The Morgan fingerprint density at radius 2 is 1.79 bits per heavy atom. The molecule has 0 aliphatic carbocycles. The van der Waals surface area contributed by atoms with Gasteiger partial charge in [0.25, 0.3) is 0 Å². The number of nitrogens with zero attached hydrogens (tertiary/aromatic N) is 3. The van der Waals surface area contributed by atoms with Gasteiger partial charge in [0.1, 0.15) is 5.82 Å². The molecule has 8 heteroatoms. The third-order valence-corrected chi connectivity index (χ3v) is 6.56. The van der Waals surface area contributed by atoms with Crippen molar-refractivity contribution in [2.24, 2.45) is 0 Å². The van der Waals surface area contributed by atoms with E-state index in [-0.39, 0.29) is 11.7 Å². The standard InChI is InChI=1S/C25H32FN5O2/c1-29-11-13-31(14-12-29)23(19-8-9-22-18(15-19)5-4-10-30(22)2)17-27-24(32)25(33)28-21-7-3-6-20(26)16-21/h3,6-9,15-16,23H,4-5,10-14,17H2,1-2H3,(H,27,32)(H,28,33)/t23-/m0/s1. The molecule has 0 bridgehead atoms. The fraction of sp³-hybridized carbons (Fsp3) is 0.440. The highest BCUT2D eigenvalue weighted by Gasteiger charge is 2.27. The zero-order valence-corrected chi connectivity index (χ0v) is 19.3. The van der Waals surface area contributed by atoms with Crippen LogP contribution in [0.4, 0.5) is 15.8 Å². The van der Waals surface area contributed by atoms with Crippen molar-refractivity contribution in [2.45, 2.75) is 18.9 Å². The van der Waals surface area contributed by atoms with Crippen molar-refractivity contribution in [1.29, 1.82) is 0 Å². The van der Waals surface area contributed by atoms with Crippen LogP contribution in [0.3, 0.4) is 0 Å². The van der Waals surface area contributed by atoms with E-state index in [2.05, 4.69) is 57.6 Å². The molecule has 1 saturated heterocycles. The lowest BCUT2D eigenvalue weighted by atomic mass is 9.95. The van der Waals surface area contributed by atoms with Crippen molar-refractivity contribution in [1.82, 2.24) is 15.1 Å². The van der Waals surface area contributed by atoms with Crippen LogP contribution in [0.1, 0.15) is 23.6 Å². The summed E-state index contributed by atoms with van der Waals surface area (Å²) in [5, 5.41) is 5.26. The van der Waals surface area contributed by atoms with Crippen LogP contribution < -0.4 is 15.5 Å². The van der Waals surface area contributed by atoms with Crippen LogP contribution in [0.15, 0.2) is 42.5 Å². The normalized spacial score (nSPS) is 17.8. The van der Waals surface area contributed by atoms with E-state index in [1.54, 1.807) is 6.07 Å². The first-order chi connectivity index (χ1) is 15.9. The SMILES string of the molecule is CN1CCN([C@@H](CNC(=O)C(=O)Nc2cccc(F)c2)c2ccc3c(c2)CCCN3C)CC1. The van der Waals surface area contributed by atoms with Crippen LogP contribution in [0.25, 0.3) is 0 Å². The number of nitrogens with one attached hydrogen (secondary N) is 2. The third-order valence-electron chi connectivity index (χ3n) is 6.56. The minimum Gasteiger partial charge on any atom is -0.374 e. The van der Waals surface area contributed by atoms with Crippen molar-refractivity contribution in [2.75, 3.05) is 63.6 Å². The Hall–Kier alpha value is -2.97. The van der Waals surface area contributed by atoms with Gasteiger partial charge in [-0.15, -0.1) is 0 Å². The molecule has 0 aromatic heterocycles. The smallest absolute Gasteiger partial charge is 0.313 e. The number of benzene rings is 2. The topological polar surface area (TPSA) is 67.9 Å². The van der Waals surface area contributed by atoms with Gasteiger partial charge in [-0.05, 0) is 55.3 Å². The summed E-state index contributed by atoms with van der Waals surface area (Å²) in [5.41, 5.74) is 4.00. The Kier molecular flexibility index (Phi) is 7.25. The van der Waals surface area contributed by atoms with Crippen molar-refractivity contribution >= 4 is 23.2 Å². The molecule has 1 fully saturated rings. The molecule has 0 radical (unpaired) electrons. The first kappa shape index (κ1) is 23.2. The Morgan fingerprint density at radius 1 is 1.00 bits per heavy atom. The number of anilines is 2. The van der Waals surface area contributed by atoms with E-state index >= 15 is 0 Å². The summed E-state index contributed by atoms with van der Waals surface area (Å²) in [6.07, 6.45) is 2.18. The number of fused-ring (bicyclic) bond motifs is 1. The van der Waals surface area contributed by atoms with E-state index < -0.39 is 17.6 Å². The van der Waals surface area contributed by atoms with E-state index in [1.807, 2.05) is 0 Å². The predicted octanol–water partition coefficient (Wildman–Crippen LogP) is 2.25. The van der Waals surface area contributed by atoms with Crippen LogP contribution in [0.5, 0.6) is 0 Å². The highest BCUT2D eigenvalue weighted by atomic mass is 19.1. The number of rotatable bonds is 5. The molecule has 1 atom stereocenters. The number of halogens is 1. The lowest BCUT2D eigenvalue weighted by Gasteiger charge is -2.39. The molecule has 4 rings (SSSR count). The molecular formula is C25H32FN5O2. The van der Waals surface area contributed by atoms with Gasteiger partial charge in [0.15, 0.2) is 0 Å². The molecule has 0 saturated carbocycles. The zero-order valence-electron chi connectivity index (χ0n) is 19.3. The Labute approximate surface area is 194 Å². The molecule has 2 N–H and O–H groups in total. The summed E-state index contributed by atoms with van der Waals surface area (Å²) < 4.78 is 13.4. The summed E-state index contributed by atoms with van der Waals surface area (Å²) in [6.45, 7) is 5.09. The fourth-order valence-corrected chi connectivity index (χ4v) is 4.63. The molecule has 7 nitrogen and oxygen atoms in total. The van der Waals surface area contributed by atoms with Crippen molar-refractivity contribution in [3.05, 3.63) is 59.4 Å². The average Bonchev–Trinajstić information content (AvgIpc) is 2.80. The number of likely N-dealkylation sites (N-methyl/N-ethyl adjacent to an activating group) is 1. The summed E-state index contributed by atoms with van der Waals surface area (Å²) in [4.78, 5) is 31.8. The van der Waals surface area contributed by atoms with Crippen LogP contribution >= 0.6 is 0 Å². The maximum Gasteiger partial charge on any atom is 0.313 e. The molecule has 33 heavy (non-hydrogen) atoms. The van der Waals surface area contributed by atoms with Gasteiger partial charge >= 0.3 is 11.8 Å². The molecule has 0 spiro atoms. The Balaban J connectivity index is 1.47. The maximum atomic E-state index is 13.4. The maximum absolute atomic E-state index is 13.4. The quantitative estimate of drug-likeness (QED) is 0.680. The summed E-state index contributed by atoms with van der Waals surface area (Å²) >= 11 is 0. The second-order valence-electron chi connectivity index (χ2n) is 8.94. The molecule has 2 aliphatic heterocycles. The number of carbonyl (C=O) groups is 2. The van der Waals surface area contributed by atoms with Crippen LogP contribution in [0, 0.1) is 5.82 Å². The predicted molar refractivity (Wildman–Crippen MR) is 128 cm³/mol. The molecule has 2 aliphatic rings. The van der Waals surface area contributed by atoms with Gasteiger partial charge in [-0.2, -0.15) is 0 Å². The molecular weight excluding hydrogens is 421 g/mol. The molecule has 2 heterocycles. The highest BCUT2D eigenvalue weighted by molar-refractivity contribution is 6.39. The van der Waals surface area contributed by atoms with Crippen molar-refractivity contribution < 1.29 is 14.0 Å². The second-order valence-corrected chi connectivity index (χ2v) is 8.94. The Morgan fingerprint density at radius 3 is 2.55 bits per heavy atom. The average molecular weight is 454 g/mol. The van der Waals surface area contributed by atoms with E-state index in [4.69, 9.17) is 0 Å². The summed E-state index contributed by atoms with van der Waals surface area (Å²) in [7, 11) is 4.23. The summed E-state index contributed by atoms with van der Waals surface area (Å²) in [6, 6.07) is 12.0. The van der Waals surface area contributed by atoms with Gasteiger partial charge in [0.05, 0.1) is 6.04 Å². The van der Waals surface area contributed by atoms with E-state index in [9.17, 15) is 14.0 Å². The largest absolute Gasteiger partial charge is 0.374 e. The highest BCUT2D eigenvalue weighted by Crippen LogP contribution is 2.31. The molecule has 2 amide bonds. The molecule has 0 unspecified atom stereocenters. The van der Waals surface area contributed by atoms with Gasteiger partial charge in [-0.1, -0.05) is 18.2 Å². The number of carbonyl (C=O) groups excluding carboxylic acids is 2. The molecule has 2 aromatic carbocycles. The van der Waals surface area contributed by atoms with Crippen LogP contribution in [0.2, 0.25) is 0 Å². The van der Waals surface area contributed by atoms with Crippen LogP contribution in [-0.2, 0) is 16.0 Å². The van der Waals surface area contributed by atoms with E-state index in [0.717, 1.165) is 51.1 Å². The van der Waals surface area contributed by atoms with Gasteiger partial charge in [-0.3, -0.25) is 14.5 Å². The van der Waals surface area contributed by atoms with Gasteiger partial charge in [-0.25, -0.2) is 4.39 Å². The fourth-order valence-electron chi connectivity index (χ4n) is 4.63. The second kappa shape index (κ2) is 10.3. The lowest BCUT2D eigenvalue weighted by molar-refractivity contribution is -0.136. The lowest BCUT2D eigenvalue weighted by Crippen LogP contribution is -2.49. The number of amides is 2. The van der Waals surface area contributed by atoms with Crippen molar-refractivity contribution in [3.8, 4) is 0 Å². The third kappa shape index (κ3) is 5.69. The summed E-state index contributed by atoms with van der Waals surface area (Å²) in [5.74, 6) is -2.00. The number of hydrogen-bond acceptors (Lipinski definition) is 5. The number of piperazine rings is 1. The van der Waals surface area contributed by atoms with Crippen molar-refractivity contribution in [3.63, 3.8) is 0 Å². The number of hydrogen-bond donors (Lipinski definition) is 2. The molecule has 176 valence electrons. The zero-order chi connectivity index (χ0) is 23.4. The van der Waals surface area contributed by atoms with E-state index in [0.29, 0.717) is 6.54 Å². The van der Waals surface area contributed by atoms with Gasteiger partial charge in [0, 0.05) is 57.7 Å². The van der Waals surface area contributed by atoms with Crippen LogP contribution in [-0.4, -0.2) is 75.0 Å². The number of aryl methyl sites for hydroxylation is 1. The Bertz CT molecular complexity index is 1010. The van der Waals surface area contributed by atoms with E-state index in [1.165, 1.54) is 29.4 Å². The van der Waals surface area contributed by atoms with Gasteiger partial charge < -0.3 is 20.4 Å². The van der Waals surface area contributed by atoms with Gasteiger partial charge in [0.2, 0.25) is 0 Å². The molecule has 2 aromatic rings. The monoisotopic (exact) mass is 453 g/mol. The first-order valence-electron chi connectivity index (χ1n) is 11.5.